The Hall–Kier alpha value is -3.29. The molecule has 0 atom stereocenters. The van der Waals surface area contributed by atoms with Crippen LogP contribution >= 0.6 is 0 Å². The number of nitro groups is 1. The average molecular weight is 311 g/mol. The van der Waals surface area contributed by atoms with Gasteiger partial charge in [0.1, 0.15) is 5.56 Å². The first kappa shape index (κ1) is 14.6. The number of nitrogens with one attached hydrogen (secondary N) is 1. The lowest BCUT2D eigenvalue weighted by Crippen LogP contribution is -2.12. The van der Waals surface area contributed by atoms with Crippen LogP contribution in [0.5, 0.6) is 0 Å². The molecule has 1 amide bonds. The largest absolute Gasteiger partial charge is 0.322 e. The van der Waals surface area contributed by atoms with E-state index in [1.807, 2.05) is 19.9 Å². The van der Waals surface area contributed by atoms with Crippen LogP contribution in [0.1, 0.15) is 21.7 Å². The standard InChI is InChI=1S/C15H13N5O3/c1-9-7-10(2)19-14(17-9)13(8-16-19)15(21)18-11-3-5-12(6-4-11)20(22)23/h3-8H,1-2H3,(H,18,21). The number of hydrogen-bond donors (Lipinski definition) is 1. The molecule has 0 aliphatic rings. The third kappa shape index (κ3) is 2.73. The number of aromatic nitrogens is 3. The number of carbonyl (C=O) groups excluding carboxylic acids is 1. The lowest BCUT2D eigenvalue weighted by atomic mass is 10.2. The Kier molecular flexibility index (Phi) is 3.49. The maximum Gasteiger partial charge on any atom is 0.269 e. The van der Waals surface area contributed by atoms with Crippen molar-refractivity contribution in [3.8, 4) is 0 Å². The summed E-state index contributed by atoms with van der Waals surface area (Å²) in [5, 5.41) is 17.5. The zero-order chi connectivity index (χ0) is 16.6. The highest BCUT2D eigenvalue weighted by Crippen LogP contribution is 2.18. The van der Waals surface area contributed by atoms with Crippen molar-refractivity contribution in [2.75, 3.05) is 5.32 Å². The van der Waals surface area contributed by atoms with E-state index in [0.717, 1.165) is 11.4 Å². The van der Waals surface area contributed by atoms with Crippen molar-refractivity contribution in [3.05, 3.63) is 63.6 Å². The maximum absolute atomic E-state index is 12.4. The number of fused-ring (bicyclic) bond motifs is 1. The zero-order valence-corrected chi connectivity index (χ0v) is 12.5. The van der Waals surface area contributed by atoms with Gasteiger partial charge in [0.2, 0.25) is 0 Å². The molecule has 0 saturated carbocycles. The Morgan fingerprint density at radius 3 is 2.61 bits per heavy atom. The lowest BCUT2D eigenvalue weighted by Gasteiger charge is -2.05. The Morgan fingerprint density at radius 2 is 1.96 bits per heavy atom. The number of non-ortho nitro benzene ring substituents is 1. The number of benzene rings is 1. The van der Waals surface area contributed by atoms with Gasteiger partial charge in [0, 0.05) is 29.2 Å². The minimum Gasteiger partial charge on any atom is -0.322 e. The summed E-state index contributed by atoms with van der Waals surface area (Å²) in [4.78, 5) is 26.9. The summed E-state index contributed by atoms with van der Waals surface area (Å²) in [7, 11) is 0. The van der Waals surface area contributed by atoms with Gasteiger partial charge in [-0.1, -0.05) is 0 Å². The summed E-state index contributed by atoms with van der Waals surface area (Å²) in [5.74, 6) is -0.369. The van der Waals surface area contributed by atoms with Crippen LogP contribution < -0.4 is 5.32 Å². The van der Waals surface area contributed by atoms with Gasteiger partial charge in [-0.3, -0.25) is 14.9 Å². The van der Waals surface area contributed by atoms with Gasteiger partial charge in [0.25, 0.3) is 11.6 Å². The van der Waals surface area contributed by atoms with E-state index in [-0.39, 0.29) is 11.6 Å². The van der Waals surface area contributed by atoms with Crippen LogP contribution in [0.15, 0.2) is 36.5 Å². The molecule has 0 aliphatic heterocycles. The van der Waals surface area contributed by atoms with Gasteiger partial charge in [-0.05, 0) is 32.0 Å². The summed E-state index contributed by atoms with van der Waals surface area (Å²) in [6, 6.07) is 7.49. The van der Waals surface area contributed by atoms with Crippen molar-refractivity contribution >= 4 is 22.9 Å². The number of rotatable bonds is 3. The molecule has 0 radical (unpaired) electrons. The summed E-state index contributed by atoms with van der Waals surface area (Å²) >= 11 is 0. The van der Waals surface area contributed by atoms with Crippen molar-refractivity contribution in [2.45, 2.75) is 13.8 Å². The van der Waals surface area contributed by atoms with Gasteiger partial charge in [0.05, 0.1) is 11.1 Å². The third-order valence-electron chi connectivity index (χ3n) is 3.36. The second-order valence-electron chi connectivity index (χ2n) is 5.09. The molecule has 3 rings (SSSR count). The van der Waals surface area contributed by atoms with Crippen LogP contribution in [0, 0.1) is 24.0 Å². The van der Waals surface area contributed by atoms with Gasteiger partial charge in [-0.15, -0.1) is 0 Å². The molecule has 8 heteroatoms. The van der Waals surface area contributed by atoms with Crippen molar-refractivity contribution < 1.29 is 9.72 Å². The van der Waals surface area contributed by atoms with Gasteiger partial charge < -0.3 is 5.32 Å². The van der Waals surface area contributed by atoms with E-state index < -0.39 is 4.92 Å². The highest BCUT2D eigenvalue weighted by molar-refractivity contribution is 6.08. The molecular formula is C15H13N5O3. The fourth-order valence-electron chi connectivity index (χ4n) is 2.30. The molecule has 0 unspecified atom stereocenters. The normalized spacial score (nSPS) is 10.7. The predicted molar refractivity (Wildman–Crippen MR) is 83.5 cm³/mol. The number of carbonyl (C=O) groups is 1. The molecule has 23 heavy (non-hydrogen) atoms. The van der Waals surface area contributed by atoms with E-state index in [1.54, 1.807) is 4.52 Å². The Morgan fingerprint density at radius 1 is 1.26 bits per heavy atom. The molecule has 2 aromatic heterocycles. The fourth-order valence-corrected chi connectivity index (χ4v) is 2.30. The smallest absolute Gasteiger partial charge is 0.269 e. The highest BCUT2D eigenvalue weighted by Gasteiger charge is 2.16. The summed E-state index contributed by atoms with van der Waals surface area (Å²) < 4.78 is 1.59. The highest BCUT2D eigenvalue weighted by atomic mass is 16.6. The topological polar surface area (TPSA) is 102 Å². The van der Waals surface area contributed by atoms with Crippen molar-refractivity contribution in [3.63, 3.8) is 0 Å². The van der Waals surface area contributed by atoms with E-state index in [0.29, 0.717) is 16.9 Å². The number of hydrogen-bond acceptors (Lipinski definition) is 5. The molecule has 1 aromatic carbocycles. The van der Waals surface area contributed by atoms with Crippen LogP contribution in [0.2, 0.25) is 0 Å². The Bertz CT molecular complexity index is 915. The summed E-state index contributed by atoms with van der Waals surface area (Å²) in [6.07, 6.45) is 1.45. The number of anilines is 1. The number of nitro benzene ring substituents is 1. The molecule has 0 aliphatic carbocycles. The molecule has 0 fully saturated rings. The number of nitrogens with zero attached hydrogens (tertiary/aromatic N) is 4. The first-order chi connectivity index (χ1) is 11.0. The molecule has 2 heterocycles. The third-order valence-corrected chi connectivity index (χ3v) is 3.36. The minimum atomic E-state index is -0.494. The Labute approximate surface area is 130 Å². The van der Waals surface area contributed by atoms with E-state index in [1.165, 1.54) is 30.5 Å². The molecule has 1 N–H and O–H groups in total. The monoisotopic (exact) mass is 311 g/mol. The molecule has 3 aromatic rings. The predicted octanol–water partition coefficient (Wildman–Crippen LogP) is 2.51. The van der Waals surface area contributed by atoms with Crippen LogP contribution in [0.4, 0.5) is 11.4 Å². The van der Waals surface area contributed by atoms with Gasteiger partial charge in [-0.2, -0.15) is 5.10 Å². The zero-order valence-electron chi connectivity index (χ0n) is 12.5. The number of amides is 1. The summed E-state index contributed by atoms with van der Waals surface area (Å²) in [6.45, 7) is 3.73. The first-order valence-electron chi connectivity index (χ1n) is 6.83. The van der Waals surface area contributed by atoms with Crippen molar-refractivity contribution in [2.24, 2.45) is 0 Å². The summed E-state index contributed by atoms with van der Waals surface area (Å²) in [5.41, 5.74) is 2.91. The van der Waals surface area contributed by atoms with Crippen LogP contribution in [-0.4, -0.2) is 25.4 Å². The number of aryl methyl sites for hydroxylation is 2. The van der Waals surface area contributed by atoms with Crippen molar-refractivity contribution in [1.29, 1.82) is 0 Å². The van der Waals surface area contributed by atoms with E-state index in [4.69, 9.17) is 0 Å². The molecular weight excluding hydrogens is 298 g/mol. The molecule has 0 saturated heterocycles. The van der Waals surface area contributed by atoms with E-state index in [9.17, 15) is 14.9 Å². The van der Waals surface area contributed by atoms with Crippen molar-refractivity contribution in [1.82, 2.24) is 14.6 Å². The van der Waals surface area contributed by atoms with E-state index in [2.05, 4.69) is 15.4 Å². The second-order valence-corrected chi connectivity index (χ2v) is 5.09. The second kappa shape index (κ2) is 5.48. The van der Waals surface area contributed by atoms with Gasteiger partial charge >= 0.3 is 0 Å². The van der Waals surface area contributed by atoms with E-state index >= 15 is 0 Å². The first-order valence-corrected chi connectivity index (χ1v) is 6.83. The lowest BCUT2D eigenvalue weighted by molar-refractivity contribution is -0.384. The minimum absolute atomic E-state index is 0.0353. The SMILES string of the molecule is Cc1cc(C)n2ncc(C(=O)Nc3ccc([N+](=O)[O-])cc3)c2n1. The fraction of sp³-hybridized carbons (Fsp3) is 0.133. The maximum atomic E-state index is 12.4. The quantitative estimate of drug-likeness (QED) is 0.591. The Balaban J connectivity index is 1.90. The molecule has 116 valence electrons. The molecule has 0 bridgehead atoms. The van der Waals surface area contributed by atoms with Gasteiger partial charge in [0.15, 0.2) is 5.65 Å². The van der Waals surface area contributed by atoms with Crippen LogP contribution in [0.25, 0.3) is 5.65 Å². The molecule has 0 spiro atoms. The van der Waals surface area contributed by atoms with Crippen LogP contribution in [-0.2, 0) is 0 Å². The average Bonchev–Trinajstić information content (AvgIpc) is 2.91. The molecule has 8 nitrogen and oxygen atoms in total. The van der Waals surface area contributed by atoms with Crippen LogP contribution in [0.3, 0.4) is 0 Å². The van der Waals surface area contributed by atoms with Gasteiger partial charge in [-0.25, -0.2) is 9.50 Å².